The summed E-state index contributed by atoms with van der Waals surface area (Å²) in [5.74, 6) is 0. The Labute approximate surface area is 79.1 Å². The molecule has 0 saturated heterocycles. The van der Waals surface area contributed by atoms with E-state index in [9.17, 15) is 0 Å². The second kappa shape index (κ2) is 1.65. The first-order valence-electron chi connectivity index (χ1n) is 3.92. The maximum absolute atomic E-state index is 4.29. The van der Waals surface area contributed by atoms with Gasteiger partial charge < -0.3 is 0 Å². The molecule has 1 aromatic rings. The molecule has 11 heavy (non-hydrogen) atoms. The van der Waals surface area contributed by atoms with Gasteiger partial charge in [-0.15, -0.1) is 0 Å². The highest BCUT2D eigenvalue weighted by Gasteiger charge is 2.68. The van der Waals surface area contributed by atoms with Crippen LogP contribution in [0.3, 0.4) is 0 Å². The van der Waals surface area contributed by atoms with E-state index in [-0.39, 0.29) is 0 Å². The molecule has 0 aromatic carbocycles. The average Bonchev–Trinajstić information content (AvgIpc) is 2.28. The first kappa shape index (κ1) is 6.46. The summed E-state index contributed by atoms with van der Waals surface area (Å²) in [7, 11) is 0. The molecule has 0 radical (unpaired) electrons. The van der Waals surface area contributed by atoms with Crippen LogP contribution in [0, 0.1) is 0 Å². The molecule has 3 aliphatic rings. The Bertz CT molecular complexity index is 271. The van der Waals surface area contributed by atoms with E-state index in [0.29, 0.717) is 8.96 Å². The van der Waals surface area contributed by atoms with Gasteiger partial charge in [0, 0.05) is 15.8 Å². The summed E-state index contributed by atoms with van der Waals surface area (Å²) in [6, 6.07) is 2.01. The summed E-state index contributed by atoms with van der Waals surface area (Å²) in [4.78, 5) is 0. The van der Waals surface area contributed by atoms with Gasteiger partial charge in [-0.2, -0.15) is 5.10 Å². The van der Waals surface area contributed by atoms with Crippen molar-refractivity contribution in [3.63, 3.8) is 0 Å². The third-order valence-corrected chi connectivity index (χ3v) is 4.07. The van der Waals surface area contributed by atoms with Crippen LogP contribution >= 0.6 is 22.6 Å². The zero-order chi connectivity index (χ0) is 7.53. The van der Waals surface area contributed by atoms with E-state index in [1.165, 1.54) is 19.3 Å². The highest BCUT2D eigenvalue weighted by atomic mass is 127. The van der Waals surface area contributed by atoms with Gasteiger partial charge in [-0.1, -0.05) is 22.6 Å². The number of hydrogen-bond donors (Lipinski definition) is 0. The van der Waals surface area contributed by atoms with Crippen molar-refractivity contribution in [2.24, 2.45) is 0 Å². The number of aromatic nitrogens is 2. The molecule has 3 saturated carbocycles. The molecular formula is C8H9IN2. The molecule has 0 unspecified atom stereocenters. The lowest BCUT2D eigenvalue weighted by Crippen LogP contribution is -2.69. The van der Waals surface area contributed by atoms with Crippen LogP contribution in [0.1, 0.15) is 19.3 Å². The van der Waals surface area contributed by atoms with E-state index in [2.05, 4.69) is 38.6 Å². The zero-order valence-corrected chi connectivity index (χ0v) is 8.28. The van der Waals surface area contributed by atoms with E-state index >= 15 is 0 Å². The topological polar surface area (TPSA) is 17.8 Å². The number of halogens is 1. The van der Waals surface area contributed by atoms with Crippen molar-refractivity contribution in [1.29, 1.82) is 0 Å². The predicted octanol–water partition coefficient (Wildman–Crippen LogP) is 1.95. The Kier molecular flexibility index (Phi) is 0.969. The zero-order valence-electron chi connectivity index (χ0n) is 6.13. The molecule has 0 atom stereocenters. The van der Waals surface area contributed by atoms with Crippen LogP contribution in [0.4, 0.5) is 0 Å². The molecule has 0 spiro atoms. The second-order valence-corrected chi connectivity index (χ2v) is 6.14. The molecule has 3 heteroatoms. The third kappa shape index (κ3) is 0.655. The number of alkyl halides is 1. The molecule has 1 heterocycles. The van der Waals surface area contributed by atoms with Gasteiger partial charge in [0.25, 0.3) is 0 Å². The van der Waals surface area contributed by atoms with E-state index in [1.807, 2.05) is 12.3 Å². The quantitative estimate of drug-likeness (QED) is 0.557. The van der Waals surface area contributed by atoms with Crippen LogP contribution in [0.5, 0.6) is 0 Å². The molecule has 1 aromatic heterocycles. The van der Waals surface area contributed by atoms with Gasteiger partial charge in [0.1, 0.15) is 0 Å². The lowest BCUT2D eigenvalue weighted by atomic mass is 9.50. The number of nitrogens with zero attached hydrogens (tertiary/aromatic N) is 2. The van der Waals surface area contributed by atoms with Crippen molar-refractivity contribution >= 4 is 22.6 Å². The summed E-state index contributed by atoms with van der Waals surface area (Å²) in [6.45, 7) is 0. The summed E-state index contributed by atoms with van der Waals surface area (Å²) < 4.78 is 2.80. The molecule has 3 fully saturated rings. The number of rotatable bonds is 1. The Hall–Kier alpha value is -0.0600. The van der Waals surface area contributed by atoms with Crippen LogP contribution in [0.25, 0.3) is 0 Å². The van der Waals surface area contributed by atoms with Gasteiger partial charge in [0.15, 0.2) is 0 Å². The highest BCUT2D eigenvalue weighted by Crippen LogP contribution is 2.69. The van der Waals surface area contributed by atoms with Gasteiger partial charge in [-0.3, -0.25) is 4.68 Å². The predicted molar refractivity (Wildman–Crippen MR) is 50.8 cm³/mol. The maximum Gasteiger partial charge on any atom is 0.0665 e. The SMILES string of the molecule is IC12CC(n3cccn3)(C1)C2. The fourth-order valence-electron chi connectivity index (χ4n) is 2.41. The van der Waals surface area contributed by atoms with Crippen LogP contribution in [0.2, 0.25) is 0 Å². The lowest BCUT2D eigenvalue weighted by molar-refractivity contribution is -0.0564. The minimum atomic E-state index is 0.449. The van der Waals surface area contributed by atoms with Gasteiger partial charge in [0.2, 0.25) is 0 Å². The molecule has 4 rings (SSSR count). The van der Waals surface area contributed by atoms with Crippen molar-refractivity contribution < 1.29 is 0 Å². The van der Waals surface area contributed by atoms with E-state index < -0.39 is 0 Å². The van der Waals surface area contributed by atoms with Crippen molar-refractivity contribution in [3.8, 4) is 0 Å². The van der Waals surface area contributed by atoms with Crippen molar-refractivity contribution in [2.45, 2.75) is 28.2 Å². The monoisotopic (exact) mass is 260 g/mol. The van der Waals surface area contributed by atoms with Crippen LogP contribution in [-0.2, 0) is 5.54 Å². The molecule has 3 aliphatic carbocycles. The Morgan fingerprint density at radius 2 is 2.09 bits per heavy atom. The van der Waals surface area contributed by atoms with Gasteiger partial charge in [-0.05, 0) is 25.3 Å². The standard InChI is InChI=1S/C8H9IN2/c9-7-4-8(5-7,6-7)11-3-1-2-10-11/h1-3H,4-6H2. The normalized spacial score (nSPS) is 46.3. The highest BCUT2D eigenvalue weighted by molar-refractivity contribution is 14.1. The first-order chi connectivity index (χ1) is 5.23. The summed E-state index contributed by atoms with van der Waals surface area (Å²) in [6.07, 6.45) is 7.97. The average molecular weight is 260 g/mol. The number of hydrogen-bond acceptors (Lipinski definition) is 1. The van der Waals surface area contributed by atoms with E-state index in [0.717, 1.165) is 0 Å². The minimum absolute atomic E-state index is 0.449. The molecular weight excluding hydrogens is 251 g/mol. The van der Waals surface area contributed by atoms with Gasteiger partial charge in [0.05, 0.1) is 5.54 Å². The van der Waals surface area contributed by atoms with Gasteiger partial charge >= 0.3 is 0 Å². The second-order valence-electron chi connectivity index (χ2n) is 3.86. The van der Waals surface area contributed by atoms with Gasteiger partial charge in [-0.25, -0.2) is 0 Å². The third-order valence-electron chi connectivity index (χ3n) is 2.93. The van der Waals surface area contributed by atoms with E-state index in [4.69, 9.17) is 0 Å². The van der Waals surface area contributed by atoms with Crippen molar-refractivity contribution in [2.75, 3.05) is 0 Å². The van der Waals surface area contributed by atoms with Crippen molar-refractivity contribution in [3.05, 3.63) is 18.5 Å². The fourth-order valence-corrected chi connectivity index (χ4v) is 4.54. The van der Waals surface area contributed by atoms with Crippen LogP contribution in [0.15, 0.2) is 18.5 Å². The molecule has 0 amide bonds. The maximum atomic E-state index is 4.29. The Morgan fingerprint density at radius 1 is 1.36 bits per heavy atom. The Balaban J connectivity index is 1.94. The van der Waals surface area contributed by atoms with Crippen molar-refractivity contribution in [1.82, 2.24) is 9.78 Å². The smallest absolute Gasteiger partial charge is 0.0665 e. The Morgan fingerprint density at radius 3 is 2.55 bits per heavy atom. The lowest BCUT2D eigenvalue weighted by Gasteiger charge is -2.67. The van der Waals surface area contributed by atoms with Crippen LogP contribution < -0.4 is 0 Å². The molecule has 0 aliphatic heterocycles. The van der Waals surface area contributed by atoms with E-state index in [1.54, 1.807) is 0 Å². The fraction of sp³-hybridized carbons (Fsp3) is 0.625. The molecule has 2 nitrogen and oxygen atoms in total. The minimum Gasteiger partial charge on any atom is -0.267 e. The molecule has 0 N–H and O–H groups in total. The molecule has 2 bridgehead atoms. The summed E-state index contributed by atoms with van der Waals surface area (Å²) in [5, 5.41) is 4.29. The first-order valence-corrected chi connectivity index (χ1v) is 5.00. The summed E-state index contributed by atoms with van der Waals surface area (Å²) in [5.41, 5.74) is 0.449. The van der Waals surface area contributed by atoms with Crippen LogP contribution in [-0.4, -0.2) is 13.2 Å². The largest absolute Gasteiger partial charge is 0.267 e. The molecule has 58 valence electrons. The summed E-state index contributed by atoms with van der Waals surface area (Å²) >= 11 is 2.59.